The van der Waals surface area contributed by atoms with Crippen molar-refractivity contribution in [2.45, 2.75) is 13.8 Å². The number of piperazine rings is 1. The van der Waals surface area contributed by atoms with E-state index in [4.69, 9.17) is 23.2 Å². The van der Waals surface area contributed by atoms with E-state index in [1.54, 1.807) is 11.4 Å². The van der Waals surface area contributed by atoms with Crippen LogP contribution >= 0.6 is 34.5 Å². The van der Waals surface area contributed by atoms with E-state index in [2.05, 4.69) is 25.2 Å². The molecule has 156 valence electrons. The standard InChI is InChI=1S/C20H20Cl2N6OS/c1-12-9-13(2)24-19(23-12)26-20-25-17(11-30-20)18(29)28-7-5-27(6-8-28)14-3-4-15(21)16(22)10-14/h3-4,9-11H,5-8H2,1-2H3,(H,23,24,25,26). The number of aromatic nitrogens is 3. The van der Waals surface area contributed by atoms with E-state index in [9.17, 15) is 4.79 Å². The van der Waals surface area contributed by atoms with Crippen molar-refractivity contribution >= 4 is 57.2 Å². The normalized spacial score (nSPS) is 14.1. The highest BCUT2D eigenvalue weighted by atomic mass is 35.5. The van der Waals surface area contributed by atoms with Crippen molar-refractivity contribution in [3.63, 3.8) is 0 Å². The molecule has 3 aromatic rings. The van der Waals surface area contributed by atoms with Crippen LogP contribution in [0.4, 0.5) is 16.8 Å². The number of halogens is 2. The molecule has 0 aliphatic carbocycles. The Balaban J connectivity index is 1.38. The highest BCUT2D eigenvalue weighted by Gasteiger charge is 2.24. The molecular weight excluding hydrogens is 443 g/mol. The van der Waals surface area contributed by atoms with E-state index in [0.717, 1.165) is 30.2 Å². The molecule has 1 fully saturated rings. The number of carbonyl (C=O) groups excluding carboxylic acids is 1. The van der Waals surface area contributed by atoms with Crippen LogP contribution in [-0.4, -0.2) is 51.9 Å². The SMILES string of the molecule is Cc1cc(C)nc(Nc2nc(C(=O)N3CCN(c4ccc(Cl)c(Cl)c4)CC3)cs2)n1. The third-order valence-electron chi connectivity index (χ3n) is 4.76. The molecule has 0 spiro atoms. The summed E-state index contributed by atoms with van der Waals surface area (Å²) in [4.78, 5) is 30.0. The number of carbonyl (C=O) groups is 1. The molecule has 0 unspecified atom stereocenters. The third kappa shape index (κ3) is 4.66. The predicted octanol–water partition coefficient (Wildman–Crippen LogP) is 4.56. The second kappa shape index (κ2) is 8.75. The van der Waals surface area contributed by atoms with Gasteiger partial charge >= 0.3 is 0 Å². The maximum atomic E-state index is 12.9. The molecule has 1 amide bonds. The minimum atomic E-state index is -0.0746. The zero-order valence-corrected chi connectivity index (χ0v) is 18.9. The molecule has 7 nitrogen and oxygen atoms in total. The van der Waals surface area contributed by atoms with E-state index < -0.39 is 0 Å². The van der Waals surface area contributed by atoms with E-state index in [-0.39, 0.29) is 5.91 Å². The molecular formula is C20H20Cl2N6OS. The Morgan fingerprint density at radius 1 is 1.00 bits per heavy atom. The Kier molecular flexibility index (Phi) is 6.08. The summed E-state index contributed by atoms with van der Waals surface area (Å²) in [6, 6.07) is 7.49. The molecule has 2 aromatic heterocycles. The van der Waals surface area contributed by atoms with Gasteiger partial charge in [-0.05, 0) is 38.1 Å². The third-order valence-corrected chi connectivity index (χ3v) is 6.26. The molecule has 10 heteroatoms. The van der Waals surface area contributed by atoms with Crippen LogP contribution in [0.2, 0.25) is 10.0 Å². The molecule has 1 aliphatic heterocycles. The van der Waals surface area contributed by atoms with Gasteiger partial charge in [-0.25, -0.2) is 15.0 Å². The molecule has 0 bridgehead atoms. The van der Waals surface area contributed by atoms with Gasteiger partial charge in [0.15, 0.2) is 5.13 Å². The van der Waals surface area contributed by atoms with Gasteiger partial charge < -0.3 is 15.1 Å². The summed E-state index contributed by atoms with van der Waals surface area (Å²) >= 11 is 13.5. The number of rotatable bonds is 4. The summed E-state index contributed by atoms with van der Waals surface area (Å²) in [5.74, 6) is 0.408. The van der Waals surface area contributed by atoms with Gasteiger partial charge in [0.25, 0.3) is 5.91 Å². The van der Waals surface area contributed by atoms with E-state index in [1.165, 1.54) is 11.3 Å². The van der Waals surface area contributed by atoms with Crippen molar-refractivity contribution in [1.82, 2.24) is 19.9 Å². The van der Waals surface area contributed by atoms with E-state index in [1.807, 2.05) is 36.9 Å². The fourth-order valence-corrected chi connectivity index (χ4v) is 4.29. The van der Waals surface area contributed by atoms with Crippen LogP contribution in [0.25, 0.3) is 0 Å². The minimum Gasteiger partial charge on any atom is -0.368 e. The van der Waals surface area contributed by atoms with Gasteiger partial charge in [-0.2, -0.15) is 0 Å². The lowest BCUT2D eigenvalue weighted by molar-refractivity contribution is 0.0742. The van der Waals surface area contributed by atoms with Crippen molar-refractivity contribution in [3.8, 4) is 0 Å². The largest absolute Gasteiger partial charge is 0.368 e. The Morgan fingerprint density at radius 3 is 2.37 bits per heavy atom. The van der Waals surface area contributed by atoms with Gasteiger partial charge in [-0.1, -0.05) is 23.2 Å². The lowest BCUT2D eigenvalue weighted by atomic mass is 10.2. The molecule has 30 heavy (non-hydrogen) atoms. The first-order valence-electron chi connectivity index (χ1n) is 9.43. The topological polar surface area (TPSA) is 74.2 Å². The summed E-state index contributed by atoms with van der Waals surface area (Å²) in [7, 11) is 0. The van der Waals surface area contributed by atoms with Crippen molar-refractivity contribution in [3.05, 3.63) is 56.8 Å². The van der Waals surface area contributed by atoms with Gasteiger partial charge in [-0.3, -0.25) is 4.79 Å². The van der Waals surface area contributed by atoms with Crippen LogP contribution in [0.1, 0.15) is 21.9 Å². The first-order valence-corrected chi connectivity index (χ1v) is 11.1. The maximum absolute atomic E-state index is 12.9. The first kappa shape index (κ1) is 20.8. The number of nitrogens with one attached hydrogen (secondary N) is 1. The number of benzene rings is 1. The predicted molar refractivity (Wildman–Crippen MR) is 121 cm³/mol. The van der Waals surface area contributed by atoms with Crippen LogP contribution in [-0.2, 0) is 0 Å². The number of nitrogens with zero attached hydrogens (tertiary/aromatic N) is 5. The highest BCUT2D eigenvalue weighted by Crippen LogP contribution is 2.28. The molecule has 1 N–H and O–H groups in total. The highest BCUT2D eigenvalue weighted by molar-refractivity contribution is 7.14. The van der Waals surface area contributed by atoms with E-state index in [0.29, 0.717) is 39.9 Å². The minimum absolute atomic E-state index is 0.0746. The Labute approximate surface area is 188 Å². The van der Waals surface area contributed by atoms with Crippen LogP contribution in [0.3, 0.4) is 0 Å². The quantitative estimate of drug-likeness (QED) is 0.612. The van der Waals surface area contributed by atoms with Gasteiger partial charge in [0.05, 0.1) is 10.0 Å². The lowest BCUT2D eigenvalue weighted by Gasteiger charge is -2.36. The van der Waals surface area contributed by atoms with Crippen molar-refractivity contribution < 1.29 is 4.79 Å². The molecule has 1 aromatic carbocycles. The summed E-state index contributed by atoms with van der Waals surface area (Å²) in [5.41, 5.74) is 3.18. The fraction of sp³-hybridized carbons (Fsp3) is 0.300. The first-order chi connectivity index (χ1) is 14.4. The molecule has 1 saturated heterocycles. The zero-order chi connectivity index (χ0) is 21.3. The lowest BCUT2D eigenvalue weighted by Crippen LogP contribution is -2.48. The molecule has 0 radical (unpaired) electrons. The van der Waals surface area contributed by atoms with Crippen LogP contribution in [0.15, 0.2) is 29.6 Å². The van der Waals surface area contributed by atoms with Gasteiger partial charge in [0.2, 0.25) is 5.95 Å². The summed E-state index contributed by atoms with van der Waals surface area (Å²) < 4.78 is 0. The number of hydrogen-bond donors (Lipinski definition) is 1. The average Bonchev–Trinajstić information content (AvgIpc) is 3.17. The zero-order valence-electron chi connectivity index (χ0n) is 16.5. The van der Waals surface area contributed by atoms with Crippen LogP contribution < -0.4 is 10.2 Å². The van der Waals surface area contributed by atoms with Crippen LogP contribution in [0, 0.1) is 13.8 Å². The number of thiazole rings is 1. The molecule has 3 heterocycles. The van der Waals surface area contributed by atoms with Crippen molar-refractivity contribution in [1.29, 1.82) is 0 Å². The van der Waals surface area contributed by atoms with Crippen molar-refractivity contribution in [2.75, 3.05) is 36.4 Å². The second-order valence-electron chi connectivity index (χ2n) is 7.01. The fourth-order valence-electron chi connectivity index (χ4n) is 3.32. The number of aryl methyl sites for hydroxylation is 2. The maximum Gasteiger partial charge on any atom is 0.273 e. The summed E-state index contributed by atoms with van der Waals surface area (Å²) in [5, 5.41) is 6.51. The molecule has 1 aliphatic rings. The van der Waals surface area contributed by atoms with Gasteiger partial charge in [-0.15, -0.1) is 11.3 Å². The Bertz CT molecular complexity index is 1060. The average molecular weight is 463 g/mol. The molecule has 0 saturated carbocycles. The smallest absolute Gasteiger partial charge is 0.273 e. The number of hydrogen-bond acceptors (Lipinski definition) is 7. The number of anilines is 3. The second-order valence-corrected chi connectivity index (χ2v) is 8.69. The summed E-state index contributed by atoms with van der Waals surface area (Å²) in [6.07, 6.45) is 0. The number of amides is 1. The Hall–Kier alpha value is -2.42. The molecule has 4 rings (SSSR count). The van der Waals surface area contributed by atoms with Crippen LogP contribution in [0.5, 0.6) is 0 Å². The van der Waals surface area contributed by atoms with Gasteiger partial charge in [0.1, 0.15) is 5.69 Å². The Morgan fingerprint density at radius 2 is 1.70 bits per heavy atom. The van der Waals surface area contributed by atoms with Gasteiger partial charge in [0, 0.05) is 48.6 Å². The monoisotopic (exact) mass is 462 g/mol. The molecule has 0 atom stereocenters. The summed E-state index contributed by atoms with van der Waals surface area (Å²) in [6.45, 7) is 6.48. The van der Waals surface area contributed by atoms with Crippen molar-refractivity contribution in [2.24, 2.45) is 0 Å². The van der Waals surface area contributed by atoms with E-state index >= 15 is 0 Å².